The van der Waals surface area contributed by atoms with E-state index in [2.05, 4.69) is 0 Å². The second-order valence-electron chi connectivity index (χ2n) is 12.9. The maximum Gasteiger partial charge on any atom is 0.311 e. The summed E-state index contributed by atoms with van der Waals surface area (Å²) in [6.07, 6.45) is 3.07. The van der Waals surface area contributed by atoms with Crippen LogP contribution in [0.3, 0.4) is 0 Å². The van der Waals surface area contributed by atoms with E-state index in [-0.39, 0.29) is 24.2 Å². The smallest absolute Gasteiger partial charge is 0.311 e. The fraction of sp³-hybridized carbons (Fsp3) is 0.750. The molecular weight excluding hydrogens is 454 g/mol. The number of fused-ring (bicyclic) bond motifs is 5. The van der Waals surface area contributed by atoms with Crippen LogP contribution in [0.2, 0.25) is 0 Å². The van der Waals surface area contributed by atoms with Gasteiger partial charge in [0.1, 0.15) is 17.4 Å². The molecule has 0 aromatic heterocycles. The summed E-state index contributed by atoms with van der Waals surface area (Å²) in [4.78, 5) is 37.7. The molecule has 3 saturated carbocycles. The first-order chi connectivity index (χ1) is 15.9. The lowest BCUT2D eigenvalue weighted by Gasteiger charge is -2.63. The molecule has 5 nitrogen and oxygen atoms in total. The molecule has 4 aliphatic rings. The summed E-state index contributed by atoms with van der Waals surface area (Å²) in [5, 5.41) is 12.0. The predicted octanol–water partition coefficient (Wildman–Crippen LogP) is 4.72. The summed E-state index contributed by atoms with van der Waals surface area (Å²) in [7, 11) is 0. The van der Waals surface area contributed by atoms with E-state index < -0.39 is 75.7 Å². The largest absolute Gasteiger partial charge is 0.457 e. The van der Waals surface area contributed by atoms with E-state index in [1.807, 2.05) is 6.92 Å². The zero-order chi connectivity index (χ0) is 26.4. The highest BCUT2D eigenvalue weighted by Crippen LogP contribution is 2.72. The van der Waals surface area contributed by atoms with Crippen LogP contribution in [0, 0.1) is 39.9 Å². The number of aliphatic hydroxyl groups is 1. The van der Waals surface area contributed by atoms with Gasteiger partial charge >= 0.3 is 5.97 Å². The van der Waals surface area contributed by atoms with E-state index in [0.717, 1.165) is 0 Å². The average molecular weight is 493 g/mol. The summed E-state index contributed by atoms with van der Waals surface area (Å²) in [6.45, 7) is 11.5. The highest BCUT2D eigenvalue weighted by atomic mass is 19.1. The van der Waals surface area contributed by atoms with Crippen molar-refractivity contribution in [1.29, 1.82) is 0 Å². The van der Waals surface area contributed by atoms with Crippen molar-refractivity contribution < 1.29 is 33.0 Å². The van der Waals surface area contributed by atoms with Crippen molar-refractivity contribution in [3.05, 3.63) is 23.8 Å². The molecule has 0 spiro atoms. The SMILES string of the molecule is C[C@@H]1CC2C3C[C@H](F)C4=CC(=O)C=C[C@]4(C)[C@@]3(F)[C@@H](C)C[C@]2(C)[C@@]1(O)C(=O)COC(=O)C(C)(C)C. The number of hydrogen-bond donors (Lipinski definition) is 1. The van der Waals surface area contributed by atoms with Crippen molar-refractivity contribution in [2.75, 3.05) is 6.61 Å². The summed E-state index contributed by atoms with van der Waals surface area (Å²) < 4.78 is 38.2. The Balaban J connectivity index is 1.72. The minimum Gasteiger partial charge on any atom is -0.457 e. The van der Waals surface area contributed by atoms with E-state index in [1.54, 1.807) is 41.5 Å². The number of ketones is 2. The zero-order valence-corrected chi connectivity index (χ0v) is 21.8. The molecule has 1 N–H and O–H groups in total. The summed E-state index contributed by atoms with van der Waals surface area (Å²) in [5.74, 6) is -3.79. The molecule has 3 fully saturated rings. The Kier molecular flexibility index (Phi) is 5.84. The number of rotatable bonds is 3. The number of Topliss-reactive ketones (excluding diaryl/α,β-unsaturated/α-hetero) is 1. The first kappa shape index (κ1) is 26.2. The summed E-state index contributed by atoms with van der Waals surface area (Å²) in [6, 6.07) is 0. The number of halogens is 2. The predicted molar refractivity (Wildman–Crippen MR) is 127 cm³/mol. The molecule has 0 heterocycles. The van der Waals surface area contributed by atoms with Crippen molar-refractivity contribution in [2.24, 2.45) is 39.9 Å². The number of hydrogen-bond acceptors (Lipinski definition) is 5. The molecule has 9 atom stereocenters. The van der Waals surface area contributed by atoms with Gasteiger partial charge in [-0.15, -0.1) is 0 Å². The van der Waals surface area contributed by atoms with Gasteiger partial charge in [-0.2, -0.15) is 0 Å². The number of carbonyl (C=O) groups is 3. The number of carbonyl (C=O) groups excluding carboxylic acids is 3. The number of ether oxygens (including phenoxy) is 1. The van der Waals surface area contributed by atoms with E-state index in [0.29, 0.717) is 6.42 Å². The van der Waals surface area contributed by atoms with Crippen molar-refractivity contribution in [3.8, 4) is 0 Å². The molecule has 4 aliphatic carbocycles. The Morgan fingerprint density at radius 1 is 1.14 bits per heavy atom. The normalized spacial score (nSPS) is 46.9. The third-order valence-electron chi connectivity index (χ3n) is 9.93. The lowest BCUT2D eigenvalue weighted by atomic mass is 9.42. The van der Waals surface area contributed by atoms with Crippen LogP contribution in [0.15, 0.2) is 23.8 Å². The van der Waals surface area contributed by atoms with Crippen LogP contribution >= 0.6 is 0 Å². The summed E-state index contributed by atoms with van der Waals surface area (Å²) in [5.41, 5.74) is -6.56. The van der Waals surface area contributed by atoms with Crippen LogP contribution in [0.1, 0.15) is 67.7 Å². The fourth-order valence-corrected chi connectivity index (χ4v) is 8.11. The third kappa shape index (κ3) is 3.29. The lowest BCUT2D eigenvalue weighted by molar-refractivity contribution is -0.204. The molecule has 0 aromatic rings. The highest BCUT2D eigenvalue weighted by Gasteiger charge is 2.75. The minimum absolute atomic E-state index is 0.0976. The van der Waals surface area contributed by atoms with Crippen LogP contribution < -0.4 is 0 Å². The number of esters is 1. The fourth-order valence-electron chi connectivity index (χ4n) is 8.11. The molecule has 0 radical (unpaired) electrons. The third-order valence-corrected chi connectivity index (χ3v) is 9.93. The van der Waals surface area contributed by atoms with Gasteiger partial charge in [0.15, 0.2) is 12.4 Å². The minimum atomic E-state index is -1.84. The monoisotopic (exact) mass is 492 g/mol. The van der Waals surface area contributed by atoms with Gasteiger partial charge < -0.3 is 9.84 Å². The Labute approximate surface area is 206 Å². The Hall–Kier alpha value is -1.89. The molecule has 0 saturated heterocycles. The molecule has 4 rings (SSSR count). The molecule has 194 valence electrons. The standard InChI is InChI=1S/C28H38F2O5/c1-15-10-18-19-12-21(29)20-11-17(31)8-9-25(20,6)27(19,30)16(2)13-26(18,7)28(15,34)22(32)14-35-23(33)24(3,4)5/h8-9,11,15-16,18-19,21,34H,10,12-14H2,1-7H3/t15-,16+,18?,19?,21+,25+,26+,27-,28+/m1/s1. The Morgan fingerprint density at radius 3 is 2.37 bits per heavy atom. The zero-order valence-electron chi connectivity index (χ0n) is 21.8. The van der Waals surface area contributed by atoms with Gasteiger partial charge in [-0.3, -0.25) is 14.4 Å². The van der Waals surface area contributed by atoms with E-state index in [9.17, 15) is 19.5 Å². The lowest BCUT2D eigenvalue weighted by Crippen LogP contribution is -2.68. The van der Waals surface area contributed by atoms with Crippen molar-refractivity contribution in [3.63, 3.8) is 0 Å². The Bertz CT molecular complexity index is 1030. The second-order valence-corrected chi connectivity index (χ2v) is 12.9. The van der Waals surface area contributed by atoms with Gasteiger partial charge in [-0.05, 0) is 82.4 Å². The first-order valence-electron chi connectivity index (χ1n) is 12.7. The van der Waals surface area contributed by atoms with Crippen LogP contribution in [0.4, 0.5) is 8.78 Å². The van der Waals surface area contributed by atoms with Crippen LogP contribution in [0.25, 0.3) is 0 Å². The summed E-state index contributed by atoms with van der Waals surface area (Å²) >= 11 is 0. The molecule has 2 unspecified atom stereocenters. The van der Waals surface area contributed by atoms with Crippen LogP contribution in [-0.4, -0.2) is 46.7 Å². The molecule has 7 heteroatoms. The van der Waals surface area contributed by atoms with Crippen LogP contribution in [-0.2, 0) is 19.1 Å². The number of alkyl halides is 2. The topological polar surface area (TPSA) is 80.7 Å². The van der Waals surface area contributed by atoms with Gasteiger partial charge in [0, 0.05) is 16.7 Å². The molecule has 0 amide bonds. The molecule has 0 aromatic carbocycles. The maximum atomic E-state index is 17.4. The molecule has 0 bridgehead atoms. The average Bonchev–Trinajstić information content (AvgIpc) is 2.96. The van der Waals surface area contributed by atoms with E-state index >= 15 is 8.78 Å². The van der Waals surface area contributed by atoms with Gasteiger partial charge in [-0.1, -0.05) is 26.8 Å². The maximum absolute atomic E-state index is 17.4. The number of allylic oxidation sites excluding steroid dienone is 4. The van der Waals surface area contributed by atoms with Gasteiger partial charge in [0.05, 0.1) is 5.41 Å². The Morgan fingerprint density at radius 2 is 1.77 bits per heavy atom. The van der Waals surface area contributed by atoms with Crippen molar-refractivity contribution in [1.82, 2.24) is 0 Å². The highest BCUT2D eigenvalue weighted by molar-refractivity contribution is 6.01. The van der Waals surface area contributed by atoms with Gasteiger partial charge in [0.2, 0.25) is 5.78 Å². The van der Waals surface area contributed by atoms with E-state index in [4.69, 9.17) is 4.74 Å². The first-order valence-corrected chi connectivity index (χ1v) is 12.7. The quantitative estimate of drug-likeness (QED) is 0.577. The van der Waals surface area contributed by atoms with E-state index in [1.165, 1.54) is 18.2 Å². The molecule has 35 heavy (non-hydrogen) atoms. The second kappa shape index (κ2) is 7.80. The molecule has 0 aliphatic heterocycles. The van der Waals surface area contributed by atoms with Gasteiger partial charge in [0.25, 0.3) is 0 Å². The van der Waals surface area contributed by atoms with Crippen molar-refractivity contribution >= 4 is 17.5 Å². The molecular formula is C28H38F2O5. The van der Waals surface area contributed by atoms with Crippen LogP contribution in [0.5, 0.6) is 0 Å². The van der Waals surface area contributed by atoms with Crippen molar-refractivity contribution in [2.45, 2.75) is 85.2 Å². The van der Waals surface area contributed by atoms with Gasteiger partial charge in [-0.25, -0.2) is 8.78 Å².